The van der Waals surface area contributed by atoms with E-state index in [1.807, 2.05) is 0 Å². The summed E-state index contributed by atoms with van der Waals surface area (Å²) in [5.74, 6) is -0.0579. The summed E-state index contributed by atoms with van der Waals surface area (Å²) in [5, 5.41) is 12.2. The number of aliphatic carboxylic acids is 1. The summed E-state index contributed by atoms with van der Waals surface area (Å²) in [7, 11) is 2.05. The predicted octanol–water partition coefficient (Wildman–Crippen LogP) is 1.17. The molecule has 4 nitrogen and oxygen atoms in total. The molecule has 0 aromatic carbocycles. The van der Waals surface area contributed by atoms with Gasteiger partial charge >= 0.3 is 5.97 Å². The Morgan fingerprint density at radius 1 is 1.44 bits per heavy atom. The van der Waals surface area contributed by atoms with E-state index in [9.17, 15) is 4.79 Å². The van der Waals surface area contributed by atoms with Crippen molar-refractivity contribution in [2.75, 3.05) is 20.1 Å². The predicted molar refractivity (Wildman–Crippen MR) is 64.5 cm³/mol. The van der Waals surface area contributed by atoms with E-state index in [1.165, 1.54) is 0 Å². The molecule has 1 saturated heterocycles. The third-order valence-electron chi connectivity index (χ3n) is 3.61. The van der Waals surface area contributed by atoms with Crippen LogP contribution in [-0.4, -0.2) is 47.7 Å². The molecule has 0 radical (unpaired) electrons. The van der Waals surface area contributed by atoms with Crippen molar-refractivity contribution in [2.45, 2.75) is 45.2 Å². The number of rotatable bonds is 6. The molecule has 1 aliphatic heterocycles. The van der Waals surface area contributed by atoms with Gasteiger partial charge in [0.05, 0.1) is 12.0 Å². The van der Waals surface area contributed by atoms with Gasteiger partial charge in [-0.25, -0.2) is 0 Å². The van der Waals surface area contributed by atoms with Crippen LogP contribution in [0, 0.1) is 5.92 Å². The number of nitrogens with one attached hydrogen (secondary N) is 1. The summed E-state index contributed by atoms with van der Waals surface area (Å²) >= 11 is 0. The summed E-state index contributed by atoms with van der Waals surface area (Å²) in [6.07, 6.45) is 1.34. The summed E-state index contributed by atoms with van der Waals surface area (Å²) in [4.78, 5) is 13.2. The van der Waals surface area contributed by atoms with Crippen LogP contribution in [0.5, 0.6) is 0 Å². The second-order valence-corrected chi connectivity index (χ2v) is 5.49. The first-order valence-corrected chi connectivity index (χ1v) is 6.03. The highest BCUT2D eigenvalue weighted by molar-refractivity contribution is 5.68. The maximum Gasteiger partial charge on any atom is 0.305 e. The highest BCUT2D eigenvalue weighted by Crippen LogP contribution is 2.27. The third-order valence-corrected chi connectivity index (χ3v) is 3.61. The van der Waals surface area contributed by atoms with Gasteiger partial charge in [0.2, 0.25) is 0 Å². The Balaban J connectivity index is 2.61. The summed E-state index contributed by atoms with van der Waals surface area (Å²) in [6, 6.07) is 0.432. The van der Waals surface area contributed by atoms with Gasteiger partial charge in [-0.2, -0.15) is 0 Å². The second-order valence-electron chi connectivity index (χ2n) is 5.49. The first kappa shape index (κ1) is 13.5. The molecule has 1 aliphatic rings. The first-order valence-electron chi connectivity index (χ1n) is 6.03. The minimum Gasteiger partial charge on any atom is -0.481 e. The Morgan fingerprint density at radius 2 is 2.00 bits per heavy atom. The van der Waals surface area contributed by atoms with E-state index >= 15 is 0 Å². The van der Waals surface area contributed by atoms with E-state index in [4.69, 9.17) is 5.11 Å². The quantitative estimate of drug-likeness (QED) is 0.716. The van der Waals surface area contributed by atoms with Crippen LogP contribution in [0.2, 0.25) is 0 Å². The topological polar surface area (TPSA) is 52.6 Å². The van der Waals surface area contributed by atoms with Crippen LogP contribution in [0.15, 0.2) is 0 Å². The number of carboxylic acids is 1. The fraction of sp³-hybridized carbons (Fsp3) is 0.917. The SMILES string of the molecule is CC(C)CC(C)N(C)C1(CC(=O)O)CNC1. The molecular weight excluding hydrogens is 204 g/mol. The number of likely N-dealkylation sites (N-methyl/N-ethyl adjacent to an activating group) is 1. The van der Waals surface area contributed by atoms with Gasteiger partial charge in [0.1, 0.15) is 0 Å². The van der Waals surface area contributed by atoms with Crippen molar-refractivity contribution in [2.24, 2.45) is 5.92 Å². The Morgan fingerprint density at radius 3 is 2.31 bits per heavy atom. The zero-order valence-electron chi connectivity index (χ0n) is 10.8. The average Bonchev–Trinajstić information content (AvgIpc) is 2.08. The van der Waals surface area contributed by atoms with Crippen molar-refractivity contribution in [1.82, 2.24) is 10.2 Å². The zero-order chi connectivity index (χ0) is 12.3. The van der Waals surface area contributed by atoms with E-state index in [0.29, 0.717) is 12.0 Å². The summed E-state index contributed by atoms with van der Waals surface area (Å²) < 4.78 is 0. The highest BCUT2D eigenvalue weighted by Gasteiger charge is 2.44. The number of hydrogen-bond acceptors (Lipinski definition) is 3. The highest BCUT2D eigenvalue weighted by atomic mass is 16.4. The first-order chi connectivity index (χ1) is 7.37. The van der Waals surface area contributed by atoms with Crippen molar-refractivity contribution in [3.63, 3.8) is 0 Å². The molecule has 0 saturated carbocycles. The van der Waals surface area contributed by atoms with Crippen LogP contribution in [0.25, 0.3) is 0 Å². The number of nitrogens with zero attached hydrogens (tertiary/aromatic N) is 1. The average molecular weight is 228 g/mol. The van der Waals surface area contributed by atoms with Crippen molar-refractivity contribution in [3.8, 4) is 0 Å². The van der Waals surface area contributed by atoms with E-state index in [-0.39, 0.29) is 12.0 Å². The standard InChI is InChI=1S/C12H24N2O2/c1-9(2)5-10(3)14(4)12(6-11(15)16)7-13-8-12/h9-10,13H,5-8H2,1-4H3,(H,15,16). The molecule has 16 heavy (non-hydrogen) atoms. The Hall–Kier alpha value is -0.610. The lowest BCUT2D eigenvalue weighted by molar-refractivity contribution is -0.142. The molecule has 1 atom stereocenters. The molecule has 0 aromatic rings. The second kappa shape index (κ2) is 5.15. The molecule has 0 aliphatic carbocycles. The lowest BCUT2D eigenvalue weighted by Gasteiger charge is -2.51. The Kier molecular flexibility index (Phi) is 4.33. The Labute approximate surface area is 98.0 Å². The molecule has 94 valence electrons. The third kappa shape index (κ3) is 2.95. The molecule has 1 heterocycles. The van der Waals surface area contributed by atoms with Crippen LogP contribution in [0.1, 0.15) is 33.6 Å². The van der Waals surface area contributed by atoms with Crippen molar-refractivity contribution in [3.05, 3.63) is 0 Å². The molecular formula is C12H24N2O2. The normalized spacial score (nSPS) is 20.9. The fourth-order valence-electron chi connectivity index (χ4n) is 2.50. The smallest absolute Gasteiger partial charge is 0.305 e. The maximum absolute atomic E-state index is 10.9. The lowest BCUT2D eigenvalue weighted by atomic mass is 9.85. The molecule has 0 amide bonds. The van der Waals surface area contributed by atoms with Crippen LogP contribution >= 0.6 is 0 Å². The van der Waals surface area contributed by atoms with Crippen LogP contribution in [-0.2, 0) is 4.79 Å². The largest absolute Gasteiger partial charge is 0.481 e. The number of carbonyl (C=O) groups is 1. The van der Waals surface area contributed by atoms with Crippen molar-refractivity contribution >= 4 is 5.97 Å². The molecule has 0 bridgehead atoms. The minimum atomic E-state index is -0.704. The molecule has 1 rings (SSSR count). The van der Waals surface area contributed by atoms with E-state index < -0.39 is 5.97 Å². The van der Waals surface area contributed by atoms with Crippen LogP contribution in [0.3, 0.4) is 0 Å². The monoisotopic (exact) mass is 228 g/mol. The van der Waals surface area contributed by atoms with Gasteiger partial charge in [0.25, 0.3) is 0 Å². The van der Waals surface area contributed by atoms with Crippen molar-refractivity contribution < 1.29 is 9.90 Å². The number of carboxylic acid groups (broad SMARTS) is 1. The van der Waals surface area contributed by atoms with E-state index in [0.717, 1.165) is 19.5 Å². The molecule has 4 heteroatoms. The van der Waals surface area contributed by atoms with Gasteiger partial charge in [-0.15, -0.1) is 0 Å². The molecule has 1 fully saturated rings. The van der Waals surface area contributed by atoms with Gasteiger partial charge in [-0.3, -0.25) is 9.69 Å². The van der Waals surface area contributed by atoms with E-state index in [2.05, 4.69) is 38.0 Å². The molecule has 0 spiro atoms. The van der Waals surface area contributed by atoms with Crippen LogP contribution in [0.4, 0.5) is 0 Å². The molecule has 2 N–H and O–H groups in total. The van der Waals surface area contributed by atoms with Crippen LogP contribution < -0.4 is 5.32 Å². The van der Waals surface area contributed by atoms with Gasteiger partial charge in [-0.1, -0.05) is 13.8 Å². The van der Waals surface area contributed by atoms with Gasteiger partial charge < -0.3 is 10.4 Å². The fourth-order valence-corrected chi connectivity index (χ4v) is 2.50. The van der Waals surface area contributed by atoms with Gasteiger partial charge in [0.15, 0.2) is 0 Å². The Bertz CT molecular complexity index is 249. The van der Waals surface area contributed by atoms with Crippen molar-refractivity contribution in [1.29, 1.82) is 0 Å². The zero-order valence-corrected chi connectivity index (χ0v) is 10.8. The summed E-state index contributed by atoms with van der Waals surface area (Å²) in [6.45, 7) is 8.17. The number of hydrogen-bond donors (Lipinski definition) is 2. The van der Waals surface area contributed by atoms with E-state index in [1.54, 1.807) is 0 Å². The lowest BCUT2D eigenvalue weighted by Crippen LogP contribution is -2.70. The summed E-state index contributed by atoms with van der Waals surface area (Å²) in [5.41, 5.74) is -0.167. The maximum atomic E-state index is 10.9. The molecule has 0 aromatic heterocycles. The molecule has 1 unspecified atom stereocenters. The van der Waals surface area contributed by atoms with Gasteiger partial charge in [-0.05, 0) is 26.3 Å². The minimum absolute atomic E-state index is 0.167. The van der Waals surface area contributed by atoms with Gasteiger partial charge in [0, 0.05) is 19.1 Å².